The first kappa shape index (κ1) is 14.5. The van der Waals surface area contributed by atoms with E-state index in [2.05, 4.69) is 16.4 Å². The molecule has 1 aromatic heterocycles. The van der Waals surface area contributed by atoms with E-state index in [0.717, 1.165) is 48.7 Å². The summed E-state index contributed by atoms with van der Waals surface area (Å²) in [5.74, 6) is 1.71. The third kappa shape index (κ3) is 2.92. The van der Waals surface area contributed by atoms with Crippen LogP contribution in [0.25, 0.3) is 0 Å². The van der Waals surface area contributed by atoms with Gasteiger partial charge < -0.3 is 24.1 Å². The van der Waals surface area contributed by atoms with Gasteiger partial charge in [-0.15, -0.1) is 0 Å². The van der Waals surface area contributed by atoms with Crippen molar-refractivity contribution in [1.29, 1.82) is 0 Å². The standard InChI is InChI=1S/C17H21N3O3/c1-20-10-18-9-14(20)16-7-13(5-6-21-16)19-8-12-3-2-4-15-17(12)23-11-22-15/h2-4,9-10,13,16,19H,5-8,11H2,1H3/t13-,16-/m1/s1. The van der Waals surface area contributed by atoms with E-state index in [0.29, 0.717) is 12.8 Å². The highest BCUT2D eigenvalue weighted by molar-refractivity contribution is 5.48. The van der Waals surface area contributed by atoms with E-state index in [1.807, 2.05) is 36.3 Å². The minimum absolute atomic E-state index is 0.106. The Morgan fingerprint density at radius 3 is 3.17 bits per heavy atom. The number of benzene rings is 1. The molecule has 1 N–H and O–H groups in total. The van der Waals surface area contributed by atoms with Crippen molar-refractivity contribution in [2.75, 3.05) is 13.4 Å². The molecule has 0 bridgehead atoms. The zero-order valence-electron chi connectivity index (χ0n) is 13.2. The lowest BCUT2D eigenvalue weighted by Crippen LogP contribution is -2.36. The molecule has 0 saturated carbocycles. The first-order chi connectivity index (χ1) is 11.3. The largest absolute Gasteiger partial charge is 0.454 e. The molecule has 0 aliphatic carbocycles. The second-order valence-corrected chi connectivity index (χ2v) is 6.04. The number of aryl methyl sites for hydroxylation is 1. The smallest absolute Gasteiger partial charge is 0.231 e. The van der Waals surface area contributed by atoms with Crippen LogP contribution < -0.4 is 14.8 Å². The van der Waals surface area contributed by atoms with E-state index >= 15 is 0 Å². The van der Waals surface area contributed by atoms with Gasteiger partial charge in [0.2, 0.25) is 6.79 Å². The summed E-state index contributed by atoms with van der Waals surface area (Å²) in [7, 11) is 2.01. The molecule has 0 unspecified atom stereocenters. The van der Waals surface area contributed by atoms with E-state index < -0.39 is 0 Å². The second-order valence-electron chi connectivity index (χ2n) is 6.04. The van der Waals surface area contributed by atoms with Gasteiger partial charge in [-0.2, -0.15) is 0 Å². The number of para-hydroxylation sites is 1. The lowest BCUT2D eigenvalue weighted by molar-refractivity contribution is -0.00406. The van der Waals surface area contributed by atoms with Gasteiger partial charge in [0, 0.05) is 31.8 Å². The fraction of sp³-hybridized carbons (Fsp3) is 0.471. The number of rotatable bonds is 4. The Kier molecular flexibility index (Phi) is 3.93. The molecule has 1 fully saturated rings. The zero-order chi connectivity index (χ0) is 15.6. The van der Waals surface area contributed by atoms with Gasteiger partial charge >= 0.3 is 0 Å². The van der Waals surface area contributed by atoms with E-state index in [1.54, 1.807) is 0 Å². The van der Waals surface area contributed by atoms with Crippen LogP contribution in [0.2, 0.25) is 0 Å². The minimum Gasteiger partial charge on any atom is -0.454 e. The molecule has 3 heterocycles. The number of hydrogen-bond donors (Lipinski definition) is 1. The first-order valence-electron chi connectivity index (χ1n) is 8.00. The molecule has 0 amide bonds. The monoisotopic (exact) mass is 315 g/mol. The Morgan fingerprint density at radius 2 is 2.30 bits per heavy atom. The molecule has 0 radical (unpaired) electrons. The predicted molar refractivity (Wildman–Crippen MR) is 84.3 cm³/mol. The molecular formula is C17H21N3O3. The fourth-order valence-corrected chi connectivity index (χ4v) is 3.25. The van der Waals surface area contributed by atoms with E-state index in [1.165, 1.54) is 0 Å². The molecule has 2 aliphatic heterocycles. The van der Waals surface area contributed by atoms with Crippen LogP contribution in [-0.2, 0) is 18.3 Å². The van der Waals surface area contributed by atoms with Crippen LogP contribution >= 0.6 is 0 Å². The average Bonchev–Trinajstić information content (AvgIpc) is 3.22. The summed E-state index contributed by atoms with van der Waals surface area (Å²) in [4.78, 5) is 4.19. The number of aromatic nitrogens is 2. The van der Waals surface area contributed by atoms with Crippen molar-refractivity contribution >= 4 is 0 Å². The zero-order valence-corrected chi connectivity index (χ0v) is 13.2. The molecule has 2 aliphatic rings. The molecule has 122 valence electrons. The summed E-state index contributed by atoms with van der Waals surface area (Å²) in [6.45, 7) is 1.85. The maximum Gasteiger partial charge on any atom is 0.231 e. The van der Waals surface area contributed by atoms with Gasteiger partial charge in [-0.25, -0.2) is 4.98 Å². The Bertz CT molecular complexity index is 685. The van der Waals surface area contributed by atoms with Gasteiger partial charge in [0.25, 0.3) is 0 Å². The molecule has 6 nitrogen and oxygen atoms in total. The highest BCUT2D eigenvalue weighted by atomic mass is 16.7. The summed E-state index contributed by atoms with van der Waals surface area (Å²) in [6.07, 6.45) is 5.78. The summed E-state index contributed by atoms with van der Waals surface area (Å²) in [5, 5.41) is 3.63. The van der Waals surface area contributed by atoms with Crippen molar-refractivity contribution in [2.45, 2.75) is 31.5 Å². The Hall–Kier alpha value is -2.05. The summed E-state index contributed by atoms with van der Waals surface area (Å²) in [6, 6.07) is 6.45. The molecule has 4 rings (SSSR count). The molecule has 23 heavy (non-hydrogen) atoms. The maximum absolute atomic E-state index is 5.91. The highest BCUT2D eigenvalue weighted by Gasteiger charge is 2.26. The van der Waals surface area contributed by atoms with Crippen LogP contribution in [0.15, 0.2) is 30.7 Å². The number of hydrogen-bond acceptors (Lipinski definition) is 5. The van der Waals surface area contributed by atoms with Gasteiger partial charge in [-0.3, -0.25) is 0 Å². The molecular weight excluding hydrogens is 294 g/mol. The summed E-state index contributed by atoms with van der Waals surface area (Å²) < 4.78 is 18.9. The number of fused-ring (bicyclic) bond motifs is 1. The van der Waals surface area contributed by atoms with E-state index in [4.69, 9.17) is 14.2 Å². The number of imidazole rings is 1. The third-order valence-corrected chi connectivity index (χ3v) is 4.53. The van der Waals surface area contributed by atoms with Crippen LogP contribution in [0.5, 0.6) is 11.5 Å². The van der Waals surface area contributed by atoms with E-state index in [-0.39, 0.29) is 6.10 Å². The second kappa shape index (κ2) is 6.22. The fourth-order valence-electron chi connectivity index (χ4n) is 3.25. The van der Waals surface area contributed by atoms with Crippen molar-refractivity contribution in [2.24, 2.45) is 7.05 Å². The number of nitrogens with one attached hydrogen (secondary N) is 1. The molecule has 0 spiro atoms. The minimum atomic E-state index is 0.106. The van der Waals surface area contributed by atoms with Gasteiger partial charge in [0.05, 0.1) is 18.2 Å². The van der Waals surface area contributed by atoms with Gasteiger partial charge in [-0.05, 0) is 18.9 Å². The maximum atomic E-state index is 5.91. The Balaban J connectivity index is 1.40. The number of nitrogens with zero attached hydrogens (tertiary/aromatic N) is 2. The molecule has 6 heteroatoms. The highest BCUT2D eigenvalue weighted by Crippen LogP contribution is 2.35. The van der Waals surface area contributed by atoms with Gasteiger partial charge in [0.1, 0.15) is 6.10 Å². The molecule has 1 saturated heterocycles. The average molecular weight is 315 g/mol. The molecule has 2 atom stereocenters. The van der Waals surface area contributed by atoms with Crippen molar-refractivity contribution < 1.29 is 14.2 Å². The van der Waals surface area contributed by atoms with Crippen LogP contribution in [0.4, 0.5) is 0 Å². The topological polar surface area (TPSA) is 57.5 Å². The predicted octanol–water partition coefficient (Wildman–Crippen LogP) is 2.16. The van der Waals surface area contributed by atoms with Crippen molar-refractivity contribution in [3.05, 3.63) is 42.0 Å². The van der Waals surface area contributed by atoms with Crippen molar-refractivity contribution in [1.82, 2.24) is 14.9 Å². The Labute approximate surface area is 135 Å². The van der Waals surface area contributed by atoms with Crippen molar-refractivity contribution in [3.63, 3.8) is 0 Å². The van der Waals surface area contributed by atoms with Crippen LogP contribution in [-0.4, -0.2) is 29.0 Å². The Morgan fingerprint density at radius 1 is 1.35 bits per heavy atom. The van der Waals surface area contributed by atoms with Gasteiger partial charge in [-0.1, -0.05) is 12.1 Å². The lowest BCUT2D eigenvalue weighted by atomic mass is 10.0. The first-order valence-corrected chi connectivity index (χ1v) is 8.00. The lowest BCUT2D eigenvalue weighted by Gasteiger charge is -2.30. The number of ether oxygens (including phenoxy) is 3. The van der Waals surface area contributed by atoms with Crippen molar-refractivity contribution in [3.8, 4) is 11.5 Å². The van der Waals surface area contributed by atoms with E-state index in [9.17, 15) is 0 Å². The molecule has 2 aromatic rings. The quantitative estimate of drug-likeness (QED) is 0.937. The van der Waals surface area contributed by atoms with Crippen LogP contribution in [0.3, 0.4) is 0 Å². The normalized spacial score (nSPS) is 23.2. The van der Waals surface area contributed by atoms with Crippen LogP contribution in [0.1, 0.15) is 30.2 Å². The van der Waals surface area contributed by atoms with Gasteiger partial charge in [0.15, 0.2) is 11.5 Å². The summed E-state index contributed by atoms with van der Waals surface area (Å²) in [5.41, 5.74) is 2.28. The summed E-state index contributed by atoms with van der Waals surface area (Å²) >= 11 is 0. The molecule has 1 aromatic carbocycles. The van der Waals surface area contributed by atoms with Crippen LogP contribution in [0, 0.1) is 0 Å². The SMILES string of the molecule is Cn1cncc1[C@H]1C[C@H](NCc2cccc3c2OCO3)CCO1. The third-order valence-electron chi connectivity index (χ3n) is 4.53.